The minimum absolute atomic E-state index is 2.60. The lowest BCUT2D eigenvalue weighted by Gasteiger charge is -1.92. The Balaban J connectivity index is 3.09. The molecular formula is F4N4S4. The van der Waals surface area contributed by atoms with Crippen molar-refractivity contribution in [2.45, 2.75) is 0 Å². The Labute approximate surface area is 75.9 Å². The zero-order valence-electron chi connectivity index (χ0n) is 4.93. The van der Waals surface area contributed by atoms with Crippen LogP contribution in [0.2, 0.25) is 0 Å². The second-order valence-corrected chi connectivity index (χ2v) is 5.32. The lowest BCUT2D eigenvalue weighted by Crippen LogP contribution is -1.86. The molecule has 0 saturated heterocycles. The highest BCUT2D eigenvalue weighted by Gasteiger charge is 2.05. The van der Waals surface area contributed by atoms with Crippen LogP contribution in [-0.2, 0) is 45.1 Å². The molecule has 12 heteroatoms. The van der Waals surface area contributed by atoms with E-state index >= 15 is 0 Å². The number of rotatable bonds is 0. The predicted octanol–water partition coefficient (Wildman–Crippen LogP) is 2.41. The van der Waals surface area contributed by atoms with Gasteiger partial charge in [0, 0.05) is 0 Å². The molecule has 4 atom stereocenters. The minimum Gasteiger partial charge on any atom is -0.127 e. The summed E-state index contributed by atoms with van der Waals surface area (Å²) in [6.45, 7) is 0. The molecule has 0 fully saturated rings. The van der Waals surface area contributed by atoms with Crippen LogP contribution < -0.4 is 0 Å². The van der Waals surface area contributed by atoms with E-state index in [0.29, 0.717) is 0 Å². The highest BCUT2D eigenvalue weighted by molar-refractivity contribution is 8.03. The molecule has 0 radical (unpaired) electrons. The van der Waals surface area contributed by atoms with E-state index in [4.69, 9.17) is 0 Å². The van der Waals surface area contributed by atoms with Crippen molar-refractivity contribution >= 4 is 45.1 Å². The molecule has 0 bridgehead atoms. The van der Waals surface area contributed by atoms with Crippen molar-refractivity contribution in [1.82, 2.24) is 0 Å². The zero-order valence-corrected chi connectivity index (χ0v) is 8.20. The Bertz CT molecular complexity index is 240. The molecule has 1 heterocycles. The summed E-state index contributed by atoms with van der Waals surface area (Å²) in [6.07, 6.45) is 0. The van der Waals surface area contributed by atoms with Gasteiger partial charge in [0.25, 0.3) is 0 Å². The molecule has 72 valence electrons. The third-order valence-corrected chi connectivity index (χ3v) is 4.43. The van der Waals surface area contributed by atoms with Crippen LogP contribution in [0.15, 0.2) is 15.1 Å². The SMILES string of the molecule is FS1=NS(/F)=N/S(F)=N\S(F)=N\1. The molecule has 0 amide bonds. The van der Waals surface area contributed by atoms with Crippen molar-refractivity contribution in [3.63, 3.8) is 0 Å². The zero-order chi connectivity index (χ0) is 9.14. The summed E-state index contributed by atoms with van der Waals surface area (Å²) in [6, 6.07) is 0. The molecule has 4 unspecified atom stereocenters. The minimum atomic E-state index is -2.62. The van der Waals surface area contributed by atoms with Gasteiger partial charge in [-0.25, -0.2) is 0 Å². The Morgan fingerprint density at radius 1 is 0.500 bits per heavy atom. The molecule has 0 N–H and O–H groups in total. The summed E-state index contributed by atoms with van der Waals surface area (Å²) in [4.78, 5) is 0. The molecule has 1 aliphatic rings. The molecule has 0 aromatic carbocycles. The lowest BCUT2D eigenvalue weighted by molar-refractivity contribution is 0.893. The average Bonchev–Trinajstić information content (AvgIpc) is 1.81. The van der Waals surface area contributed by atoms with Crippen molar-refractivity contribution in [1.29, 1.82) is 0 Å². The molecule has 0 aromatic heterocycles. The van der Waals surface area contributed by atoms with Gasteiger partial charge >= 0.3 is 0 Å². The van der Waals surface area contributed by atoms with Gasteiger partial charge < -0.3 is 0 Å². The quantitative estimate of drug-likeness (QED) is 0.601. The summed E-state index contributed by atoms with van der Waals surface area (Å²) >= 11 is -10.5. The van der Waals surface area contributed by atoms with E-state index in [2.05, 4.69) is 15.1 Å². The van der Waals surface area contributed by atoms with E-state index in [-0.39, 0.29) is 0 Å². The fourth-order valence-electron chi connectivity index (χ4n) is 0.257. The molecular weight excluding hydrogens is 260 g/mol. The fourth-order valence-corrected chi connectivity index (χ4v) is 3.30. The molecule has 1 aliphatic heterocycles. The van der Waals surface area contributed by atoms with Crippen molar-refractivity contribution in [3.8, 4) is 0 Å². The Morgan fingerprint density at radius 2 is 0.667 bits per heavy atom. The number of nitrogens with zero attached hydrogens (tertiary/aromatic N) is 4. The maximum atomic E-state index is 12.2. The van der Waals surface area contributed by atoms with Crippen LogP contribution in [0.1, 0.15) is 0 Å². The summed E-state index contributed by atoms with van der Waals surface area (Å²) in [7, 11) is 0. The van der Waals surface area contributed by atoms with E-state index in [0.717, 1.165) is 0 Å². The maximum Gasteiger partial charge on any atom is 0.226 e. The van der Waals surface area contributed by atoms with Crippen LogP contribution in [0.4, 0.5) is 15.5 Å². The fraction of sp³-hybridized carbons (Fsp3) is 0. The largest absolute Gasteiger partial charge is 0.226 e. The third kappa shape index (κ3) is 3.37. The van der Waals surface area contributed by atoms with Crippen LogP contribution >= 0.6 is 0 Å². The van der Waals surface area contributed by atoms with Crippen molar-refractivity contribution in [3.05, 3.63) is 0 Å². The molecule has 0 saturated carbocycles. The topological polar surface area (TPSA) is 49.4 Å². The third-order valence-electron chi connectivity index (χ3n) is 0.492. The molecule has 12 heavy (non-hydrogen) atoms. The first kappa shape index (κ1) is 10.4. The van der Waals surface area contributed by atoms with Crippen LogP contribution in [0, 0.1) is 0 Å². The van der Waals surface area contributed by atoms with Gasteiger partial charge in [-0.15, -0.1) is 15.5 Å². The van der Waals surface area contributed by atoms with E-state index in [1.165, 1.54) is 0 Å². The summed E-state index contributed by atoms with van der Waals surface area (Å²) in [5.74, 6) is 0. The second-order valence-electron chi connectivity index (χ2n) is 1.18. The van der Waals surface area contributed by atoms with E-state index in [1.807, 2.05) is 0 Å². The van der Waals surface area contributed by atoms with Gasteiger partial charge in [-0.05, 0) is 0 Å². The van der Waals surface area contributed by atoms with Gasteiger partial charge in [-0.1, -0.05) is 15.1 Å². The van der Waals surface area contributed by atoms with Crippen LogP contribution in [0.25, 0.3) is 0 Å². The maximum absolute atomic E-state index is 12.2. The molecule has 4 nitrogen and oxygen atoms in total. The Kier molecular flexibility index (Phi) is 3.92. The predicted molar refractivity (Wildman–Crippen MR) is 43.6 cm³/mol. The smallest absolute Gasteiger partial charge is 0.127 e. The summed E-state index contributed by atoms with van der Waals surface area (Å²) in [5, 5.41) is 0. The van der Waals surface area contributed by atoms with Gasteiger partial charge in [-0.2, -0.15) is 0 Å². The van der Waals surface area contributed by atoms with Gasteiger partial charge in [0.05, 0.1) is 0 Å². The summed E-state index contributed by atoms with van der Waals surface area (Å²) in [5.41, 5.74) is 0. The summed E-state index contributed by atoms with van der Waals surface area (Å²) < 4.78 is 59.4. The second kappa shape index (κ2) is 4.53. The van der Waals surface area contributed by atoms with E-state index in [9.17, 15) is 15.5 Å². The average molecular weight is 260 g/mol. The lowest BCUT2D eigenvalue weighted by atomic mass is 13.8. The Morgan fingerprint density at radius 3 is 0.833 bits per heavy atom. The van der Waals surface area contributed by atoms with Gasteiger partial charge in [0.2, 0.25) is 45.1 Å². The van der Waals surface area contributed by atoms with Crippen molar-refractivity contribution in [2.75, 3.05) is 0 Å². The van der Waals surface area contributed by atoms with E-state index in [1.54, 1.807) is 0 Å². The van der Waals surface area contributed by atoms with Crippen LogP contribution in [0.3, 0.4) is 0 Å². The highest BCUT2D eigenvalue weighted by Crippen LogP contribution is 2.11. The normalized spacial score (nSPS) is 46.3. The first-order valence-corrected chi connectivity index (χ1v) is 6.23. The first-order valence-electron chi connectivity index (χ1n) is 2.08. The van der Waals surface area contributed by atoms with E-state index < -0.39 is 45.1 Å². The number of hydrogen-bond donors (Lipinski definition) is 0. The molecule has 0 aromatic rings. The van der Waals surface area contributed by atoms with Gasteiger partial charge in [-0.3, -0.25) is 0 Å². The monoisotopic (exact) mass is 260 g/mol. The Hall–Kier alpha value is 0.320. The standard InChI is InChI=1S/F4N4S4/c1-9-5-10(2)7-12(4)8-11(3)6-9. The highest BCUT2D eigenvalue weighted by atomic mass is 32.3. The number of hydrogen-bond acceptors (Lipinski definition) is 4. The van der Waals surface area contributed by atoms with Crippen LogP contribution in [-0.4, -0.2) is 0 Å². The van der Waals surface area contributed by atoms with Crippen molar-refractivity contribution < 1.29 is 15.5 Å². The van der Waals surface area contributed by atoms with Crippen LogP contribution in [0.5, 0.6) is 0 Å². The van der Waals surface area contributed by atoms with Gasteiger partial charge in [0.15, 0.2) is 0 Å². The molecule has 1 rings (SSSR count). The molecule has 0 aliphatic carbocycles. The number of halogens is 4. The first-order chi connectivity index (χ1) is 5.58. The molecule has 0 spiro atoms. The van der Waals surface area contributed by atoms with Crippen molar-refractivity contribution in [2.24, 2.45) is 15.1 Å². The van der Waals surface area contributed by atoms with Gasteiger partial charge in [0.1, 0.15) is 0 Å².